The van der Waals surface area contributed by atoms with Gasteiger partial charge in [0.1, 0.15) is 0 Å². The Morgan fingerprint density at radius 1 is 0.862 bits per heavy atom. The molecule has 4 nitrogen and oxygen atoms in total. The largest absolute Gasteiger partial charge is 0.452 e. The van der Waals surface area contributed by atoms with Gasteiger partial charge in [0.25, 0.3) is 5.91 Å². The first kappa shape index (κ1) is 20.3. The SMILES string of the molecule is Cc1cccc(C(C)C)c1NC(=O)COC(=O)c1ccc(-c2ccccc2)cc1. The van der Waals surface area contributed by atoms with E-state index in [1.54, 1.807) is 12.1 Å². The van der Waals surface area contributed by atoms with Gasteiger partial charge in [0, 0.05) is 5.69 Å². The van der Waals surface area contributed by atoms with Crippen LogP contribution in [-0.2, 0) is 9.53 Å². The highest BCUT2D eigenvalue weighted by atomic mass is 16.5. The van der Waals surface area contributed by atoms with Crippen LogP contribution < -0.4 is 5.32 Å². The van der Waals surface area contributed by atoms with Crippen molar-refractivity contribution in [2.24, 2.45) is 0 Å². The maximum absolute atomic E-state index is 12.3. The molecular weight excluding hydrogens is 362 g/mol. The van der Waals surface area contributed by atoms with Gasteiger partial charge in [-0.25, -0.2) is 4.79 Å². The fourth-order valence-corrected chi connectivity index (χ4v) is 3.16. The summed E-state index contributed by atoms with van der Waals surface area (Å²) in [7, 11) is 0. The zero-order valence-electron chi connectivity index (χ0n) is 16.9. The van der Waals surface area contributed by atoms with Crippen molar-refractivity contribution in [2.75, 3.05) is 11.9 Å². The summed E-state index contributed by atoms with van der Waals surface area (Å²) in [5.74, 6) is -0.597. The average Bonchev–Trinajstić information content (AvgIpc) is 2.74. The van der Waals surface area contributed by atoms with E-state index < -0.39 is 5.97 Å². The second-order valence-corrected chi connectivity index (χ2v) is 7.26. The molecule has 0 aromatic heterocycles. The van der Waals surface area contributed by atoms with Gasteiger partial charge < -0.3 is 10.1 Å². The number of ether oxygens (including phenoxy) is 1. The number of para-hydroxylation sites is 1. The third-order valence-corrected chi connectivity index (χ3v) is 4.75. The molecule has 0 aliphatic rings. The molecule has 0 atom stereocenters. The van der Waals surface area contributed by atoms with Gasteiger partial charge >= 0.3 is 5.97 Å². The summed E-state index contributed by atoms with van der Waals surface area (Å²) in [6.45, 7) is 5.76. The lowest BCUT2D eigenvalue weighted by molar-refractivity contribution is -0.119. The lowest BCUT2D eigenvalue weighted by Gasteiger charge is -2.16. The molecular formula is C25H25NO3. The molecule has 1 amide bonds. The van der Waals surface area contributed by atoms with E-state index in [-0.39, 0.29) is 18.4 Å². The van der Waals surface area contributed by atoms with Crippen LogP contribution in [0.5, 0.6) is 0 Å². The van der Waals surface area contributed by atoms with Crippen LogP contribution in [0.3, 0.4) is 0 Å². The number of carbonyl (C=O) groups excluding carboxylic acids is 2. The van der Waals surface area contributed by atoms with Crippen LogP contribution in [0.2, 0.25) is 0 Å². The van der Waals surface area contributed by atoms with Gasteiger partial charge in [0.15, 0.2) is 6.61 Å². The molecule has 0 fully saturated rings. The van der Waals surface area contributed by atoms with Crippen molar-refractivity contribution in [3.05, 3.63) is 89.5 Å². The third-order valence-electron chi connectivity index (χ3n) is 4.75. The highest BCUT2D eigenvalue weighted by Crippen LogP contribution is 2.27. The summed E-state index contributed by atoms with van der Waals surface area (Å²) in [5.41, 5.74) is 5.33. The Hall–Kier alpha value is -3.40. The molecule has 0 unspecified atom stereocenters. The highest BCUT2D eigenvalue weighted by molar-refractivity contribution is 5.96. The van der Waals surface area contributed by atoms with E-state index >= 15 is 0 Å². The first-order chi connectivity index (χ1) is 14.0. The van der Waals surface area contributed by atoms with Gasteiger partial charge in [-0.1, -0.05) is 74.5 Å². The normalized spacial score (nSPS) is 10.6. The van der Waals surface area contributed by atoms with E-state index in [2.05, 4.69) is 19.2 Å². The summed E-state index contributed by atoms with van der Waals surface area (Å²) >= 11 is 0. The van der Waals surface area contributed by atoms with Crippen LogP contribution >= 0.6 is 0 Å². The minimum atomic E-state index is -0.520. The number of esters is 1. The first-order valence-electron chi connectivity index (χ1n) is 9.67. The quantitative estimate of drug-likeness (QED) is 0.562. The van der Waals surface area contributed by atoms with Crippen LogP contribution in [0.1, 0.15) is 41.3 Å². The Morgan fingerprint density at radius 2 is 1.52 bits per heavy atom. The first-order valence-corrected chi connectivity index (χ1v) is 9.67. The van der Waals surface area contributed by atoms with Gasteiger partial charge in [-0.2, -0.15) is 0 Å². The van der Waals surface area contributed by atoms with Crippen LogP contribution in [-0.4, -0.2) is 18.5 Å². The van der Waals surface area contributed by atoms with E-state index in [0.29, 0.717) is 5.56 Å². The Bertz CT molecular complexity index is 992. The van der Waals surface area contributed by atoms with E-state index in [1.807, 2.05) is 67.6 Å². The summed E-state index contributed by atoms with van der Waals surface area (Å²) in [6, 6.07) is 23.0. The fourth-order valence-electron chi connectivity index (χ4n) is 3.16. The topological polar surface area (TPSA) is 55.4 Å². The molecule has 1 N–H and O–H groups in total. The van der Waals surface area contributed by atoms with E-state index in [4.69, 9.17) is 4.74 Å². The van der Waals surface area contributed by atoms with Crippen molar-refractivity contribution in [2.45, 2.75) is 26.7 Å². The average molecular weight is 387 g/mol. The molecule has 29 heavy (non-hydrogen) atoms. The summed E-state index contributed by atoms with van der Waals surface area (Å²) in [6.07, 6.45) is 0. The van der Waals surface area contributed by atoms with Crippen molar-refractivity contribution in [1.29, 1.82) is 0 Å². The summed E-state index contributed by atoms with van der Waals surface area (Å²) in [5, 5.41) is 2.88. The van der Waals surface area contributed by atoms with E-state index in [1.165, 1.54) is 0 Å². The van der Waals surface area contributed by atoms with Gasteiger partial charge in [-0.15, -0.1) is 0 Å². The summed E-state index contributed by atoms with van der Waals surface area (Å²) < 4.78 is 5.20. The molecule has 0 bridgehead atoms. The number of amides is 1. The molecule has 0 aliphatic carbocycles. The molecule has 0 heterocycles. The smallest absolute Gasteiger partial charge is 0.338 e. The van der Waals surface area contributed by atoms with Crippen LogP contribution in [0, 0.1) is 6.92 Å². The second-order valence-electron chi connectivity index (χ2n) is 7.26. The van der Waals surface area contributed by atoms with Gasteiger partial charge in [0.05, 0.1) is 5.56 Å². The maximum atomic E-state index is 12.3. The standard InChI is InChI=1S/C25H25NO3/c1-17(2)22-11-7-8-18(3)24(22)26-23(27)16-29-25(28)21-14-12-20(13-15-21)19-9-5-4-6-10-19/h4-15,17H,16H2,1-3H3,(H,26,27). The Balaban J connectivity index is 1.60. The predicted molar refractivity (Wildman–Crippen MR) is 116 cm³/mol. The van der Waals surface area contributed by atoms with Crippen molar-refractivity contribution >= 4 is 17.6 Å². The Kier molecular flexibility index (Phi) is 6.45. The monoisotopic (exact) mass is 387 g/mol. The van der Waals surface area contributed by atoms with Gasteiger partial charge in [-0.3, -0.25) is 4.79 Å². The number of rotatable bonds is 6. The highest BCUT2D eigenvalue weighted by Gasteiger charge is 2.14. The number of anilines is 1. The minimum Gasteiger partial charge on any atom is -0.452 e. The molecule has 4 heteroatoms. The van der Waals surface area contributed by atoms with Crippen LogP contribution in [0.15, 0.2) is 72.8 Å². The zero-order valence-corrected chi connectivity index (χ0v) is 16.9. The van der Waals surface area contributed by atoms with E-state index in [9.17, 15) is 9.59 Å². The molecule has 0 spiro atoms. The van der Waals surface area contributed by atoms with E-state index in [0.717, 1.165) is 27.9 Å². The van der Waals surface area contributed by atoms with Crippen molar-refractivity contribution < 1.29 is 14.3 Å². The number of carbonyl (C=O) groups is 2. The Labute approximate surface area is 171 Å². The van der Waals surface area contributed by atoms with Crippen molar-refractivity contribution in [3.8, 4) is 11.1 Å². The minimum absolute atomic E-state index is 0.274. The second kappa shape index (κ2) is 9.20. The molecule has 0 saturated carbocycles. The fraction of sp³-hybridized carbons (Fsp3) is 0.200. The molecule has 0 aliphatic heterocycles. The predicted octanol–water partition coefficient (Wildman–Crippen LogP) is 5.58. The lowest BCUT2D eigenvalue weighted by atomic mass is 9.98. The third kappa shape index (κ3) is 5.11. The number of hydrogen-bond donors (Lipinski definition) is 1. The summed E-state index contributed by atoms with van der Waals surface area (Å²) in [4.78, 5) is 24.6. The molecule has 0 radical (unpaired) electrons. The molecule has 3 rings (SSSR count). The number of hydrogen-bond acceptors (Lipinski definition) is 3. The number of nitrogens with one attached hydrogen (secondary N) is 1. The lowest BCUT2D eigenvalue weighted by Crippen LogP contribution is -2.22. The molecule has 3 aromatic rings. The Morgan fingerprint density at radius 3 is 2.17 bits per heavy atom. The molecule has 3 aromatic carbocycles. The zero-order chi connectivity index (χ0) is 20.8. The van der Waals surface area contributed by atoms with Crippen LogP contribution in [0.4, 0.5) is 5.69 Å². The van der Waals surface area contributed by atoms with Crippen molar-refractivity contribution in [3.63, 3.8) is 0 Å². The van der Waals surface area contributed by atoms with Crippen LogP contribution in [0.25, 0.3) is 11.1 Å². The van der Waals surface area contributed by atoms with Crippen molar-refractivity contribution in [1.82, 2.24) is 0 Å². The number of aryl methyl sites for hydroxylation is 1. The number of benzene rings is 3. The molecule has 148 valence electrons. The molecule has 0 saturated heterocycles. The van der Waals surface area contributed by atoms with Gasteiger partial charge in [-0.05, 0) is 47.2 Å². The maximum Gasteiger partial charge on any atom is 0.338 e. The van der Waals surface area contributed by atoms with Gasteiger partial charge in [0.2, 0.25) is 0 Å².